The first-order valence-corrected chi connectivity index (χ1v) is 9.32. The Kier molecular flexibility index (Phi) is 6.29. The third kappa shape index (κ3) is 4.69. The molecule has 1 heterocycles. The van der Waals surface area contributed by atoms with Crippen LogP contribution < -0.4 is 19.5 Å². The van der Waals surface area contributed by atoms with Gasteiger partial charge in [-0.1, -0.05) is 12.1 Å². The van der Waals surface area contributed by atoms with E-state index in [1.165, 1.54) is 17.4 Å². The molecule has 3 aromatic rings. The molecule has 0 saturated heterocycles. The number of anilines is 1. The third-order valence-electron chi connectivity index (χ3n) is 3.96. The van der Waals surface area contributed by atoms with Crippen molar-refractivity contribution < 1.29 is 19.0 Å². The molecular weight excluding hydrogens is 376 g/mol. The normalized spacial score (nSPS) is 10.7. The molecule has 7 heteroatoms. The highest BCUT2D eigenvalue weighted by atomic mass is 32.1. The molecule has 144 valence electrons. The minimum Gasteiger partial charge on any atom is -0.497 e. The van der Waals surface area contributed by atoms with E-state index in [4.69, 9.17) is 14.2 Å². The van der Waals surface area contributed by atoms with Gasteiger partial charge in [-0.05, 0) is 42.0 Å². The summed E-state index contributed by atoms with van der Waals surface area (Å²) in [6.45, 7) is 0. The van der Waals surface area contributed by atoms with Crippen LogP contribution in [0.4, 0.5) is 5.13 Å². The Bertz CT molecular complexity index is 980. The van der Waals surface area contributed by atoms with Crippen LogP contribution in [0.15, 0.2) is 53.9 Å². The maximum atomic E-state index is 12.1. The number of carbonyl (C=O) groups excluding carboxylic acids is 1. The van der Waals surface area contributed by atoms with Gasteiger partial charge in [-0.2, -0.15) is 0 Å². The molecule has 0 fully saturated rings. The second-order valence-electron chi connectivity index (χ2n) is 5.70. The Balaban J connectivity index is 1.66. The molecule has 0 aliphatic heterocycles. The van der Waals surface area contributed by atoms with Crippen LogP contribution in [0, 0.1) is 0 Å². The summed E-state index contributed by atoms with van der Waals surface area (Å²) in [6, 6.07) is 13.0. The Labute approximate surface area is 167 Å². The van der Waals surface area contributed by atoms with Crippen molar-refractivity contribution in [2.24, 2.45) is 0 Å². The number of aromatic nitrogens is 1. The van der Waals surface area contributed by atoms with Crippen molar-refractivity contribution in [3.05, 3.63) is 59.5 Å². The van der Waals surface area contributed by atoms with Crippen molar-refractivity contribution in [3.8, 4) is 28.5 Å². The van der Waals surface area contributed by atoms with Crippen LogP contribution in [0.2, 0.25) is 0 Å². The van der Waals surface area contributed by atoms with Crippen LogP contribution in [0.25, 0.3) is 17.3 Å². The Morgan fingerprint density at radius 1 is 1.00 bits per heavy atom. The Morgan fingerprint density at radius 3 is 2.43 bits per heavy atom. The molecule has 28 heavy (non-hydrogen) atoms. The zero-order valence-corrected chi connectivity index (χ0v) is 16.6. The predicted molar refractivity (Wildman–Crippen MR) is 111 cm³/mol. The van der Waals surface area contributed by atoms with Gasteiger partial charge >= 0.3 is 0 Å². The van der Waals surface area contributed by atoms with Gasteiger partial charge in [0.05, 0.1) is 27.0 Å². The van der Waals surface area contributed by atoms with E-state index in [9.17, 15) is 4.79 Å². The highest BCUT2D eigenvalue weighted by molar-refractivity contribution is 7.14. The molecule has 0 radical (unpaired) electrons. The lowest BCUT2D eigenvalue weighted by molar-refractivity contribution is -0.111. The average molecular weight is 396 g/mol. The number of hydrogen-bond acceptors (Lipinski definition) is 6. The van der Waals surface area contributed by atoms with Crippen LogP contribution in [0.5, 0.6) is 17.2 Å². The fourth-order valence-corrected chi connectivity index (χ4v) is 3.22. The highest BCUT2D eigenvalue weighted by Crippen LogP contribution is 2.33. The molecule has 0 unspecified atom stereocenters. The van der Waals surface area contributed by atoms with Gasteiger partial charge in [0.15, 0.2) is 16.6 Å². The molecule has 1 aromatic heterocycles. The standard InChI is InChI=1S/C21H20N2O4S/c1-25-16-8-4-14(5-9-16)6-11-20(24)23-21-22-17(13-28-21)15-7-10-18(26-2)19(12-15)27-3/h4-13H,1-3H3,(H,22,23,24)/b11-6+. The number of rotatable bonds is 7. The van der Waals surface area contributed by atoms with E-state index in [1.807, 2.05) is 47.8 Å². The second-order valence-corrected chi connectivity index (χ2v) is 6.56. The number of benzene rings is 2. The number of ether oxygens (including phenoxy) is 3. The maximum Gasteiger partial charge on any atom is 0.250 e. The van der Waals surface area contributed by atoms with Crippen molar-refractivity contribution >= 4 is 28.5 Å². The molecule has 3 rings (SSSR count). The number of methoxy groups -OCH3 is 3. The number of nitrogens with zero attached hydrogens (tertiary/aromatic N) is 1. The maximum absolute atomic E-state index is 12.1. The van der Waals surface area contributed by atoms with Crippen LogP contribution in [0.3, 0.4) is 0 Å². The van der Waals surface area contributed by atoms with Crippen LogP contribution in [-0.4, -0.2) is 32.2 Å². The summed E-state index contributed by atoms with van der Waals surface area (Å²) in [5, 5.41) is 5.18. The molecule has 6 nitrogen and oxygen atoms in total. The quantitative estimate of drug-likeness (QED) is 0.596. The predicted octanol–water partition coefficient (Wildman–Crippen LogP) is 4.49. The van der Waals surface area contributed by atoms with E-state index in [1.54, 1.807) is 27.4 Å². The van der Waals surface area contributed by atoms with E-state index < -0.39 is 0 Å². The number of amides is 1. The summed E-state index contributed by atoms with van der Waals surface area (Å²) >= 11 is 1.36. The molecule has 0 spiro atoms. The Hall–Kier alpha value is -3.32. The van der Waals surface area contributed by atoms with Gasteiger partial charge in [0.2, 0.25) is 5.91 Å². The van der Waals surface area contributed by atoms with E-state index in [-0.39, 0.29) is 5.91 Å². The minimum absolute atomic E-state index is 0.246. The number of nitrogens with one attached hydrogen (secondary N) is 1. The molecule has 1 amide bonds. The number of carbonyl (C=O) groups is 1. The van der Waals surface area contributed by atoms with Crippen LogP contribution in [-0.2, 0) is 4.79 Å². The highest BCUT2D eigenvalue weighted by Gasteiger charge is 2.10. The second kappa shape index (κ2) is 9.05. The number of hydrogen-bond donors (Lipinski definition) is 1. The van der Waals surface area contributed by atoms with Crippen molar-refractivity contribution in [2.75, 3.05) is 26.6 Å². The monoisotopic (exact) mass is 396 g/mol. The lowest BCUT2D eigenvalue weighted by atomic mass is 10.1. The summed E-state index contributed by atoms with van der Waals surface area (Å²) < 4.78 is 15.7. The summed E-state index contributed by atoms with van der Waals surface area (Å²) in [5.74, 6) is 1.80. The summed E-state index contributed by atoms with van der Waals surface area (Å²) in [7, 11) is 4.79. The zero-order valence-electron chi connectivity index (χ0n) is 15.8. The van der Waals surface area contributed by atoms with Crippen molar-refractivity contribution in [1.29, 1.82) is 0 Å². The summed E-state index contributed by atoms with van der Waals surface area (Å²) in [6.07, 6.45) is 3.21. The molecule has 0 aliphatic rings. The van der Waals surface area contributed by atoms with E-state index >= 15 is 0 Å². The topological polar surface area (TPSA) is 69.7 Å². The van der Waals surface area contributed by atoms with Crippen molar-refractivity contribution in [2.45, 2.75) is 0 Å². The fourth-order valence-electron chi connectivity index (χ4n) is 2.49. The van der Waals surface area contributed by atoms with Crippen LogP contribution in [0.1, 0.15) is 5.56 Å². The van der Waals surface area contributed by atoms with Crippen molar-refractivity contribution in [3.63, 3.8) is 0 Å². The molecular formula is C21H20N2O4S. The van der Waals surface area contributed by atoms with E-state index in [2.05, 4.69) is 10.3 Å². The average Bonchev–Trinajstić information content (AvgIpc) is 3.20. The van der Waals surface area contributed by atoms with E-state index in [0.717, 1.165) is 22.6 Å². The van der Waals surface area contributed by atoms with Gasteiger partial charge in [0.1, 0.15) is 5.75 Å². The zero-order chi connectivity index (χ0) is 19.9. The lowest BCUT2D eigenvalue weighted by Crippen LogP contribution is -2.07. The van der Waals surface area contributed by atoms with Crippen LogP contribution >= 0.6 is 11.3 Å². The van der Waals surface area contributed by atoms with Gasteiger partial charge < -0.3 is 14.2 Å². The van der Waals surface area contributed by atoms with Gasteiger partial charge in [0, 0.05) is 17.0 Å². The van der Waals surface area contributed by atoms with Gasteiger partial charge in [-0.15, -0.1) is 11.3 Å². The smallest absolute Gasteiger partial charge is 0.250 e. The fraction of sp³-hybridized carbons (Fsp3) is 0.143. The first-order valence-electron chi connectivity index (χ1n) is 8.44. The molecule has 0 bridgehead atoms. The van der Waals surface area contributed by atoms with Gasteiger partial charge in [-0.25, -0.2) is 4.98 Å². The molecule has 0 aliphatic carbocycles. The first-order chi connectivity index (χ1) is 13.6. The van der Waals surface area contributed by atoms with Gasteiger partial charge in [0.25, 0.3) is 0 Å². The summed E-state index contributed by atoms with van der Waals surface area (Å²) in [5.41, 5.74) is 2.53. The van der Waals surface area contributed by atoms with Crippen molar-refractivity contribution in [1.82, 2.24) is 4.98 Å². The minimum atomic E-state index is -0.246. The van der Waals surface area contributed by atoms with Gasteiger partial charge in [-0.3, -0.25) is 10.1 Å². The first kappa shape index (κ1) is 19.4. The number of thiazole rings is 1. The Morgan fingerprint density at radius 2 is 1.75 bits per heavy atom. The molecule has 2 aromatic carbocycles. The van der Waals surface area contributed by atoms with E-state index in [0.29, 0.717) is 16.6 Å². The molecule has 1 N–H and O–H groups in total. The molecule has 0 saturated carbocycles. The third-order valence-corrected chi connectivity index (χ3v) is 4.71. The summed E-state index contributed by atoms with van der Waals surface area (Å²) in [4.78, 5) is 16.6. The SMILES string of the molecule is COc1ccc(/C=C/C(=O)Nc2nc(-c3ccc(OC)c(OC)c3)cs2)cc1. The largest absolute Gasteiger partial charge is 0.497 e. The lowest BCUT2D eigenvalue weighted by Gasteiger charge is -2.08. The molecule has 0 atom stereocenters.